The topological polar surface area (TPSA) is 61.4 Å². The smallest absolute Gasteiger partial charge is 0.315 e. The third-order valence-electron chi connectivity index (χ3n) is 3.31. The third-order valence-corrected chi connectivity index (χ3v) is 4.43. The maximum atomic E-state index is 11.9. The van der Waals surface area contributed by atoms with Crippen molar-refractivity contribution >= 4 is 17.8 Å². The minimum Gasteiger partial charge on any atom is -0.394 e. The van der Waals surface area contributed by atoms with Crippen molar-refractivity contribution < 1.29 is 9.90 Å². The number of thioether (sulfide) groups is 1. The van der Waals surface area contributed by atoms with Crippen LogP contribution in [0.25, 0.3) is 0 Å². The van der Waals surface area contributed by atoms with Crippen molar-refractivity contribution in [3.05, 3.63) is 29.8 Å². The summed E-state index contributed by atoms with van der Waals surface area (Å²) in [4.78, 5) is 13.2. The van der Waals surface area contributed by atoms with Crippen molar-refractivity contribution in [2.45, 2.75) is 36.7 Å². The van der Waals surface area contributed by atoms with E-state index >= 15 is 0 Å². The first kappa shape index (κ1) is 14.2. The van der Waals surface area contributed by atoms with Gasteiger partial charge < -0.3 is 15.7 Å². The van der Waals surface area contributed by atoms with E-state index in [1.165, 1.54) is 10.5 Å². The number of amides is 2. The van der Waals surface area contributed by atoms with Crippen LogP contribution in [-0.4, -0.2) is 29.5 Å². The Hall–Kier alpha value is -1.20. The van der Waals surface area contributed by atoms with Gasteiger partial charge in [0.15, 0.2) is 0 Å². The maximum Gasteiger partial charge on any atom is 0.315 e. The van der Waals surface area contributed by atoms with E-state index in [2.05, 4.69) is 22.8 Å². The molecule has 0 aliphatic carbocycles. The molecule has 0 saturated heterocycles. The van der Waals surface area contributed by atoms with E-state index in [0.29, 0.717) is 0 Å². The first-order chi connectivity index (χ1) is 9.24. The van der Waals surface area contributed by atoms with Crippen LogP contribution in [0.1, 0.15) is 31.4 Å². The third kappa shape index (κ3) is 3.64. The monoisotopic (exact) mass is 280 g/mol. The van der Waals surface area contributed by atoms with Gasteiger partial charge >= 0.3 is 6.03 Å². The van der Waals surface area contributed by atoms with Gasteiger partial charge in [-0.3, -0.25) is 0 Å². The van der Waals surface area contributed by atoms with E-state index in [9.17, 15) is 4.79 Å². The molecule has 1 aliphatic rings. The van der Waals surface area contributed by atoms with E-state index in [0.717, 1.165) is 18.6 Å². The lowest BCUT2D eigenvalue weighted by Gasteiger charge is -2.26. The number of carbonyl (C=O) groups excluding carboxylic acids is 1. The van der Waals surface area contributed by atoms with Crippen LogP contribution in [0.3, 0.4) is 0 Å². The molecule has 3 N–H and O–H groups in total. The van der Waals surface area contributed by atoms with Gasteiger partial charge in [0.1, 0.15) is 0 Å². The van der Waals surface area contributed by atoms with Gasteiger partial charge in [0, 0.05) is 10.6 Å². The van der Waals surface area contributed by atoms with Crippen molar-refractivity contribution in [2.24, 2.45) is 0 Å². The molecule has 104 valence electrons. The molecule has 2 atom stereocenters. The highest BCUT2D eigenvalue weighted by molar-refractivity contribution is 7.99. The van der Waals surface area contributed by atoms with Crippen LogP contribution in [0.5, 0.6) is 0 Å². The van der Waals surface area contributed by atoms with Crippen molar-refractivity contribution in [1.82, 2.24) is 10.6 Å². The molecule has 1 aromatic rings. The highest BCUT2D eigenvalue weighted by Crippen LogP contribution is 2.35. The summed E-state index contributed by atoms with van der Waals surface area (Å²) in [5.41, 5.74) is 1.19. The predicted molar refractivity (Wildman–Crippen MR) is 77.4 cm³/mol. The number of rotatable bonds is 4. The summed E-state index contributed by atoms with van der Waals surface area (Å²) in [6.45, 7) is 1.91. The van der Waals surface area contributed by atoms with Crippen LogP contribution in [-0.2, 0) is 0 Å². The SMILES string of the molecule is CC[C@@H](CO)NC(=O)N[C@@H]1CCSc2ccccc21. The minimum atomic E-state index is -0.201. The summed E-state index contributed by atoms with van der Waals surface area (Å²) < 4.78 is 0. The van der Waals surface area contributed by atoms with Gasteiger partial charge in [-0.1, -0.05) is 25.1 Å². The molecule has 1 aromatic carbocycles. The molecular weight excluding hydrogens is 260 g/mol. The van der Waals surface area contributed by atoms with Crippen molar-refractivity contribution in [3.63, 3.8) is 0 Å². The molecule has 0 fully saturated rings. The van der Waals surface area contributed by atoms with Crippen molar-refractivity contribution in [2.75, 3.05) is 12.4 Å². The Morgan fingerprint density at radius 3 is 3.05 bits per heavy atom. The van der Waals surface area contributed by atoms with Crippen LogP contribution in [0.4, 0.5) is 4.79 Å². The quantitative estimate of drug-likeness (QED) is 0.793. The fourth-order valence-electron chi connectivity index (χ4n) is 2.15. The number of aliphatic hydroxyl groups is 1. The van der Waals surface area contributed by atoms with Crippen LogP contribution in [0.2, 0.25) is 0 Å². The Labute approximate surface area is 118 Å². The molecule has 0 radical (unpaired) electrons. The Kier molecular flexibility index (Phi) is 5.10. The maximum absolute atomic E-state index is 11.9. The first-order valence-corrected chi connectivity index (χ1v) is 7.62. The highest BCUT2D eigenvalue weighted by atomic mass is 32.2. The summed E-state index contributed by atoms with van der Waals surface area (Å²) >= 11 is 1.83. The van der Waals surface area contributed by atoms with Crippen LogP contribution in [0.15, 0.2) is 29.2 Å². The molecule has 2 rings (SSSR count). The lowest BCUT2D eigenvalue weighted by atomic mass is 10.0. The molecule has 0 aromatic heterocycles. The second-order valence-corrected chi connectivity index (χ2v) is 5.77. The van der Waals surface area contributed by atoms with E-state index in [1.54, 1.807) is 0 Å². The molecule has 0 bridgehead atoms. The van der Waals surface area contributed by atoms with Gasteiger partial charge in [-0.05, 0) is 24.5 Å². The molecule has 19 heavy (non-hydrogen) atoms. The highest BCUT2D eigenvalue weighted by Gasteiger charge is 2.22. The molecule has 0 spiro atoms. The summed E-state index contributed by atoms with van der Waals surface area (Å²) in [5, 5.41) is 14.9. The summed E-state index contributed by atoms with van der Waals surface area (Å²) in [7, 11) is 0. The number of aliphatic hydroxyl groups excluding tert-OH is 1. The zero-order valence-corrected chi connectivity index (χ0v) is 11.9. The molecule has 0 unspecified atom stereocenters. The molecule has 4 nitrogen and oxygen atoms in total. The molecule has 1 heterocycles. The summed E-state index contributed by atoms with van der Waals surface area (Å²) in [6, 6.07) is 7.87. The lowest BCUT2D eigenvalue weighted by molar-refractivity contribution is 0.211. The summed E-state index contributed by atoms with van der Waals surface area (Å²) in [6.07, 6.45) is 1.66. The number of nitrogens with one attached hydrogen (secondary N) is 2. The number of fused-ring (bicyclic) bond motifs is 1. The average Bonchev–Trinajstić information content (AvgIpc) is 2.45. The van der Waals surface area contributed by atoms with E-state index in [1.807, 2.05) is 30.8 Å². The fraction of sp³-hybridized carbons (Fsp3) is 0.500. The summed E-state index contributed by atoms with van der Waals surface area (Å²) in [5.74, 6) is 1.01. The van der Waals surface area contributed by atoms with Gasteiger partial charge in [-0.25, -0.2) is 4.79 Å². The van der Waals surface area contributed by atoms with Crippen LogP contribution in [0, 0.1) is 0 Å². The van der Waals surface area contributed by atoms with Gasteiger partial charge in [-0.15, -0.1) is 11.8 Å². The van der Waals surface area contributed by atoms with Gasteiger partial charge in [0.05, 0.1) is 18.7 Å². The lowest BCUT2D eigenvalue weighted by Crippen LogP contribution is -2.45. The number of hydrogen-bond donors (Lipinski definition) is 3. The van der Waals surface area contributed by atoms with E-state index < -0.39 is 0 Å². The number of carbonyl (C=O) groups is 1. The van der Waals surface area contributed by atoms with Crippen LogP contribution < -0.4 is 10.6 Å². The average molecular weight is 280 g/mol. The Morgan fingerprint density at radius 1 is 1.53 bits per heavy atom. The largest absolute Gasteiger partial charge is 0.394 e. The number of benzene rings is 1. The fourth-order valence-corrected chi connectivity index (χ4v) is 3.28. The minimum absolute atomic E-state index is 0.0268. The molecule has 5 heteroatoms. The van der Waals surface area contributed by atoms with Crippen molar-refractivity contribution in [3.8, 4) is 0 Å². The predicted octanol–water partition coefficient (Wildman–Crippen LogP) is 2.29. The second-order valence-electron chi connectivity index (χ2n) is 4.63. The Balaban J connectivity index is 1.99. The van der Waals surface area contributed by atoms with Crippen molar-refractivity contribution in [1.29, 1.82) is 0 Å². The number of urea groups is 1. The van der Waals surface area contributed by atoms with Gasteiger partial charge in [0.2, 0.25) is 0 Å². The van der Waals surface area contributed by atoms with E-state index in [-0.39, 0.29) is 24.7 Å². The van der Waals surface area contributed by atoms with Gasteiger partial charge in [0.25, 0.3) is 0 Å². The second kappa shape index (κ2) is 6.82. The Morgan fingerprint density at radius 2 is 2.32 bits per heavy atom. The molecular formula is C14H20N2O2S. The zero-order valence-electron chi connectivity index (χ0n) is 11.1. The normalized spacial score (nSPS) is 19.4. The van der Waals surface area contributed by atoms with E-state index in [4.69, 9.17) is 5.11 Å². The Bertz CT molecular complexity index is 435. The molecule has 1 aliphatic heterocycles. The van der Waals surface area contributed by atoms with Crippen LogP contribution >= 0.6 is 11.8 Å². The standard InChI is InChI=1S/C14H20N2O2S/c1-2-10(9-17)15-14(18)16-12-7-8-19-13-6-4-3-5-11(12)13/h3-6,10,12,17H,2,7-9H2,1H3,(H2,15,16,18)/t10-,12+/m0/s1. The molecule has 2 amide bonds. The number of hydrogen-bond acceptors (Lipinski definition) is 3. The molecule has 0 saturated carbocycles. The van der Waals surface area contributed by atoms with Gasteiger partial charge in [-0.2, -0.15) is 0 Å². The zero-order chi connectivity index (χ0) is 13.7. The first-order valence-electron chi connectivity index (χ1n) is 6.64.